The van der Waals surface area contributed by atoms with Crippen molar-refractivity contribution < 1.29 is 0 Å². The Hall–Kier alpha value is -6.78. The van der Waals surface area contributed by atoms with Gasteiger partial charge >= 0.3 is 0 Å². The van der Waals surface area contributed by atoms with Crippen LogP contribution in [0.4, 0.5) is 51.2 Å². The predicted molar refractivity (Wildman–Crippen MR) is 359 cm³/mol. The number of benzene rings is 8. The Bertz CT molecular complexity index is 3900. The van der Waals surface area contributed by atoms with Crippen LogP contribution < -0.4 is 31.1 Å². The fourth-order valence-electron chi connectivity index (χ4n) is 15.5. The molecule has 8 aromatic rings. The number of hydrogen-bond donors (Lipinski definition) is 0. The molecule has 0 saturated heterocycles. The SMILES string of the molecule is CC(C)(C)c1ccc(N(c2ccc(C(C)(C)C)cc2)c2ccc3c(c2)N(c2cccc4c2C(C)(C)c2ccccc2-4)c2cc(C(C)(C)C)cc4c2B3c2cc3c(cc2N4c2ccc4c(c2)C(C)(C)CCC4(C)C)C(C)(C)CCC3(C)C)cc1. The molecule has 0 fully saturated rings. The lowest BCUT2D eigenvalue weighted by Crippen LogP contribution is -2.62. The highest BCUT2D eigenvalue weighted by atomic mass is 15.2. The van der Waals surface area contributed by atoms with Gasteiger partial charge in [0.15, 0.2) is 0 Å². The lowest BCUT2D eigenvalue weighted by Gasteiger charge is -2.48. The maximum Gasteiger partial charge on any atom is 0.252 e. The standard InChI is InChI=1S/C79H90BN3/c1-72(2,3)49-27-31-52(32-28-49)81(53-33-29-50(30-34-53)73(4,5)6)55-36-38-63-66(46-55)83(65-26-22-24-57-56-23-20-21-25-58(56)79(18,19)70(57)65)69-44-51(74(7,8)9)43-68-71(69)80(63)64-47-61-62(78(16,17)42-41-77(61,14)15)48-67(64)82(68)54-35-37-59-60(45-54)76(12,13)40-39-75(59,10)11/h20-38,43-48H,39-42H2,1-19H3. The summed E-state index contributed by atoms with van der Waals surface area (Å²) >= 11 is 0. The second kappa shape index (κ2) is 18.1. The molecule has 0 unspecified atom stereocenters. The molecule has 3 nitrogen and oxygen atoms in total. The zero-order valence-electron chi connectivity index (χ0n) is 53.7. The van der Waals surface area contributed by atoms with Crippen LogP contribution in [0.15, 0.2) is 152 Å². The summed E-state index contributed by atoms with van der Waals surface area (Å²) in [5.74, 6) is 0. The van der Waals surface area contributed by atoms with Crippen LogP contribution in [0, 0.1) is 0 Å². The van der Waals surface area contributed by atoms with Crippen molar-refractivity contribution in [2.45, 2.75) is 201 Å². The molecule has 4 heteroatoms. The van der Waals surface area contributed by atoms with E-state index >= 15 is 0 Å². The summed E-state index contributed by atoms with van der Waals surface area (Å²) in [6, 6.07) is 60.8. The third-order valence-corrected chi connectivity index (χ3v) is 21.0. The Morgan fingerprint density at radius 3 is 1.41 bits per heavy atom. The van der Waals surface area contributed by atoms with Crippen LogP contribution in [-0.4, -0.2) is 6.71 Å². The zero-order valence-corrected chi connectivity index (χ0v) is 53.7. The molecule has 0 N–H and O–H groups in total. The van der Waals surface area contributed by atoms with Gasteiger partial charge in [-0.1, -0.05) is 210 Å². The monoisotopic (exact) mass is 1090 g/mol. The van der Waals surface area contributed by atoms with E-state index in [4.69, 9.17) is 0 Å². The number of nitrogens with zero attached hydrogens (tertiary/aromatic N) is 3. The second-order valence-electron chi connectivity index (χ2n) is 32.0. The molecule has 0 bridgehead atoms. The van der Waals surface area contributed by atoms with Gasteiger partial charge in [0.2, 0.25) is 0 Å². The molecule has 8 aromatic carbocycles. The third-order valence-electron chi connectivity index (χ3n) is 21.0. The molecule has 83 heavy (non-hydrogen) atoms. The maximum atomic E-state index is 2.74. The van der Waals surface area contributed by atoms with Gasteiger partial charge in [-0.2, -0.15) is 0 Å². The highest BCUT2D eigenvalue weighted by Gasteiger charge is 2.49. The molecule has 0 spiro atoms. The van der Waals surface area contributed by atoms with Crippen molar-refractivity contribution in [1.29, 1.82) is 0 Å². The van der Waals surface area contributed by atoms with Gasteiger partial charge in [-0.25, -0.2) is 0 Å². The lowest BCUT2D eigenvalue weighted by atomic mass is 9.33. The van der Waals surface area contributed by atoms with E-state index in [1.165, 1.54) is 118 Å². The molecule has 0 radical (unpaired) electrons. The molecule has 2 aliphatic heterocycles. The molecule has 0 atom stereocenters. The highest BCUT2D eigenvalue weighted by molar-refractivity contribution is 7.00. The van der Waals surface area contributed by atoms with Crippen molar-refractivity contribution in [3.63, 3.8) is 0 Å². The lowest BCUT2D eigenvalue weighted by molar-refractivity contribution is 0.332. The van der Waals surface area contributed by atoms with Crippen molar-refractivity contribution >= 4 is 74.3 Å². The molecule has 3 aliphatic carbocycles. The topological polar surface area (TPSA) is 9.72 Å². The minimum absolute atomic E-state index is 0.00941. The largest absolute Gasteiger partial charge is 0.311 e. The fourth-order valence-corrected chi connectivity index (χ4v) is 15.5. The zero-order chi connectivity index (χ0) is 59.1. The highest BCUT2D eigenvalue weighted by Crippen LogP contribution is 2.58. The van der Waals surface area contributed by atoms with Crippen LogP contribution in [0.5, 0.6) is 0 Å². The Morgan fingerprint density at radius 1 is 0.361 bits per heavy atom. The molecule has 0 saturated carbocycles. The summed E-state index contributed by atoms with van der Waals surface area (Å²) in [6.45, 7) is 45.9. The van der Waals surface area contributed by atoms with Gasteiger partial charge in [-0.3, -0.25) is 0 Å². The molecule has 424 valence electrons. The number of hydrogen-bond acceptors (Lipinski definition) is 3. The first-order chi connectivity index (χ1) is 38.8. The van der Waals surface area contributed by atoms with Gasteiger partial charge in [0.05, 0.1) is 5.69 Å². The van der Waals surface area contributed by atoms with Crippen molar-refractivity contribution in [2.75, 3.05) is 14.7 Å². The van der Waals surface area contributed by atoms with E-state index < -0.39 is 0 Å². The van der Waals surface area contributed by atoms with Crippen LogP contribution in [0.3, 0.4) is 0 Å². The van der Waals surface area contributed by atoms with Gasteiger partial charge in [-0.15, -0.1) is 0 Å². The average molecular weight is 1090 g/mol. The van der Waals surface area contributed by atoms with Gasteiger partial charge in [0.25, 0.3) is 6.71 Å². The van der Waals surface area contributed by atoms with E-state index in [0.29, 0.717) is 0 Å². The van der Waals surface area contributed by atoms with E-state index in [-0.39, 0.29) is 50.0 Å². The van der Waals surface area contributed by atoms with Crippen molar-refractivity contribution in [1.82, 2.24) is 0 Å². The van der Waals surface area contributed by atoms with Crippen LogP contribution in [-0.2, 0) is 43.3 Å². The van der Waals surface area contributed by atoms with Gasteiger partial charge < -0.3 is 14.7 Å². The Kier molecular flexibility index (Phi) is 12.1. The molecule has 0 amide bonds. The van der Waals surface area contributed by atoms with Crippen molar-refractivity contribution in [3.05, 3.63) is 202 Å². The van der Waals surface area contributed by atoms with Crippen LogP contribution >= 0.6 is 0 Å². The van der Waals surface area contributed by atoms with E-state index in [2.05, 4.69) is 298 Å². The number of fused-ring (bicyclic) bond motifs is 9. The molecule has 5 aliphatic rings. The smallest absolute Gasteiger partial charge is 0.252 e. The van der Waals surface area contributed by atoms with E-state index in [9.17, 15) is 0 Å². The Morgan fingerprint density at radius 2 is 0.843 bits per heavy atom. The van der Waals surface area contributed by atoms with Gasteiger partial charge in [0, 0.05) is 50.9 Å². The molecular weight excluding hydrogens is 1000 g/mol. The normalized spacial score (nSPS) is 18.3. The van der Waals surface area contributed by atoms with Gasteiger partial charge in [-0.05, 0) is 214 Å². The fraction of sp³-hybridized carbons (Fsp3) is 0.392. The van der Waals surface area contributed by atoms with E-state index in [1.54, 1.807) is 0 Å². The van der Waals surface area contributed by atoms with Crippen LogP contribution in [0.2, 0.25) is 0 Å². The number of rotatable bonds is 5. The van der Waals surface area contributed by atoms with Crippen molar-refractivity contribution in [3.8, 4) is 11.1 Å². The molecule has 2 heterocycles. The molecule has 13 rings (SSSR count). The summed E-state index contributed by atoms with van der Waals surface area (Å²) in [6.07, 6.45) is 4.66. The van der Waals surface area contributed by atoms with E-state index in [1.807, 2.05) is 0 Å². The van der Waals surface area contributed by atoms with Crippen LogP contribution in [0.25, 0.3) is 11.1 Å². The average Bonchev–Trinajstić information content (AvgIpc) is 1.45. The summed E-state index contributed by atoms with van der Waals surface area (Å²) in [5, 5.41) is 0. The Balaban J connectivity index is 1.16. The molecule has 0 aromatic heterocycles. The minimum atomic E-state index is -0.270. The van der Waals surface area contributed by atoms with Crippen LogP contribution in [0.1, 0.15) is 207 Å². The number of anilines is 9. The minimum Gasteiger partial charge on any atom is -0.311 e. The maximum absolute atomic E-state index is 2.74. The predicted octanol–water partition coefficient (Wildman–Crippen LogP) is 20.1. The second-order valence-corrected chi connectivity index (χ2v) is 32.0. The quantitative estimate of drug-likeness (QED) is 0.159. The Labute approximate surface area is 499 Å². The first kappa shape index (κ1) is 55.4. The third kappa shape index (κ3) is 8.63. The van der Waals surface area contributed by atoms with Crippen molar-refractivity contribution in [2.24, 2.45) is 0 Å². The summed E-state index contributed by atoms with van der Waals surface area (Å²) in [5.41, 5.74) is 30.3. The first-order valence-corrected chi connectivity index (χ1v) is 31.3. The van der Waals surface area contributed by atoms with E-state index in [0.717, 1.165) is 36.3 Å². The summed E-state index contributed by atoms with van der Waals surface area (Å²) < 4.78 is 0. The summed E-state index contributed by atoms with van der Waals surface area (Å²) in [7, 11) is 0. The first-order valence-electron chi connectivity index (χ1n) is 31.3. The van der Waals surface area contributed by atoms with Gasteiger partial charge in [0.1, 0.15) is 0 Å². The molecular formula is C79H90BN3. The summed E-state index contributed by atoms with van der Waals surface area (Å²) in [4.78, 5) is 7.99.